The predicted octanol–water partition coefficient (Wildman–Crippen LogP) is 3.82. The Balaban J connectivity index is 1.93. The fraction of sp³-hybridized carbons (Fsp3) is 0.167. The van der Waals surface area contributed by atoms with Gasteiger partial charge in [0.25, 0.3) is 0 Å². The minimum atomic E-state index is 0.342. The molecule has 0 spiro atoms. The third kappa shape index (κ3) is 2.88. The Morgan fingerprint density at radius 2 is 1.81 bits per heavy atom. The second-order valence-corrected chi connectivity index (χ2v) is 5.14. The summed E-state index contributed by atoms with van der Waals surface area (Å²) in [6.07, 6.45) is 3.98. The molecular formula is C18H19N3. The highest BCUT2D eigenvalue weighted by Gasteiger charge is 2.07. The third-order valence-electron chi connectivity index (χ3n) is 3.76. The maximum absolute atomic E-state index is 4.46. The molecule has 0 fully saturated rings. The van der Waals surface area contributed by atoms with Crippen molar-refractivity contribution in [3.8, 4) is 16.8 Å². The molecule has 3 heteroatoms. The van der Waals surface area contributed by atoms with E-state index in [0.29, 0.717) is 6.04 Å². The summed E-state index contributed by atoms with van der Waals surface area (Å²) in [5.74, 6) is 0. The number of nitrogens with one attached hydrogen (secondary N) is 1. The van der Waals surface area contributed by atoms with Crippen molar-refractivity contribution in [2.75, 3.05) is 7.05 Å². The molecule has 1 heterocycles. The van der Waals surface area contributed by atoms with Crippen LogP contribution < -0.4 is 5.32 Å². The molecule has 0 aliphatic heterocycles. The van der Waals surface area contributed by atoms with Gasteiger partial charge in [0.15, 0.2) is 0 Å². The monoisotopic (exact) mass is 277 g/mol. The maximum Gasteiger partial charge on any atom is 0.0645 e. The molecule has 2 aromatic carbocycles. The van der Waals surface area contributed by atoms with E-state index in [2.05, 4.69) is 59.9 Å². The van der Waals surface area contributed by atoms with E-state index in [-0.39, 0.29) is 0 Å². The molecule has 0 saturated carbocycles. The van der Waals surface area contributed by atoms with Crippen LogP contribution in [0.1, 0.15) is 18.5 Å². The molecule has 0 amide bonds. The van der Waals surface area contributed by atoms with Gasteiger partial charge in [0, 0.05) is 17.8 Å². The van der Waals surface area contributed by atoms with Crippen LogP contribution >= 0.6 is 0 Å². The van der Waals surface area contributed by atoms with Crippen LogP contribution in [-0.2, 0) is 0 Å². The van der Waals surface area contributed by atoms with E-state index in [1.165, 1.54) is 11.1 Å². The van der Waals surface area contributed by atoms with Gasteiger partial charge in [0.2, 0.25) is 0 Å². The molecular weight excluding hydrogens is 258 g/mol. The van der Waals surface area contributed by atoms with Crippen LogP contribution in [0.2, 0.25) is 0 Å². The summed E-state index contributed by atoms with van der Waals surface area (Å²) < 4.78 is 1.91. The molecule has 0 aliphatic carbocycles. The Morgan fingerprint density at radius 3 is 2.57 bits per heavy atom. The lowest BCUT2D eigenvalue weighted by Crippen LogP contribution is -2.11. The van der Waals surface area contributed by atoms with Crippen molar-refractivity contribution in [2.24, 2.45) is 0 Å². The number of para-hydroxylation sites is 1. The summed E-state index contributed by atoms with van der Waals surface area (Å²) in [7, 11) is 1.98. The summed E-state index contributed by atoms with van der Waals surface area (Å²) in [5, 5.41) is 7.73. The van der Waals surface area contributed by atoms with Gasteiger partial charge in [0.05, 0.1) is 11.9 Å². The Hall–Kier alpha value is -2.39. The lowest BCUT2D eigenvalue weighted by molar-refractivity contribution is 0.652. The molecule has 0 aliphatic rings. The van der Waals surface area contributed by atoms with Gasteiger partial charge < -0.3 is 5.32 Å². The van der Waals surface area contributed by atoms with Crippen molar-refractivity contribution in [3.05, 3.63) is 72.6 Å². The Kier molecular flexibility index (Phi) is 3.84. The van der Waals surface area contributed by atoms with Gasteiger partial charge in [-0.05, 0) is 43.3 Å². The molecule has 1 unspecified atom stereocenters. The van der Waals surface area contributed by atoms with Gasteiger partial charge in [-0.3, -0.25) is 0 Å². The normalized spacial score (nSPS) is 12.3. The van der Waals surface area contributed by atoms with E-state index in [1.807, 2.05) is 36.1 Å². The summed E-state index contributed by atoms with van der Waals surface area (Å²) in [5.41, 5.74) is 4.67. The van der Waals surface area contributed by atoms with Crippen molar-refractivity contribution in [3.63, 3.8) is 0 Å². The van der Waals surface area contributed by atoms with E-state index >= 15 is 0 Å². The summed E-state index contributed by atoms with van der Waals surface area (Å²) in [6.45, 7) is 2.16. The van der Waals surface area contributed by atoms with Crippen LogP contribution in [0.25, 0.3) is 16.8 Å². The van der Waals surface area contributed by atoms with Gasteiger partial charge in [0.1, 0.15) is 0 Å². The zero-order chi connectivity index (χ0) is 14.7. The number of aromatic nitrogens is 2. The highest BCUT2D eigenvalue weighted by Crippen LogP contribution is 2.23. The number of rotatable bonds is 4. The number of nitrogens with zero attached hydrogens (tertiary/aromatic N) is 2. The molecule has 0 radical (unpaired) electrons. The average Bonchev–Trinajstić information content (AvgIpc) is 3.05. The van der Waals surface area contributed by atoms with Gasteiger partial charge in [-0.15, -0.1) is 0 Å². The van der Waals surface area contributed by atoms with Crippen molar-refractivity contribution in [2.45, 2.75) is 13.0 Å². The summed E-state index contributed by atoms with van der Waals surface area (Å²) in [4.78, 5) is 0. The van der Waals surface area contributed by atoms with Crippen LogP contribution in [0.15, 0.2) is 67.0 Å². The van der Waals surface area contributed by atoms with E-state index in [1.54, 1.807) is 0 Å². The quantitative estimate of drug-likeness (QED) is 0.785. The first-order valence-electron chi connectivity index (χ1n) is 7.15. The van der Waals surface area contributed by atoms with E-state index < -0.39 is 0 Å². The summed E-state index contributed by atoms with van der Waals surface area (Å²) in [6, 6.07) is 19.1. The van der Waals surface area contributed by atoms with Crippen molar-refractivity contribution in [1.82, 2.24) is 15.1 Å². The summed E-state index contributed by atoms with van der Waals surface area (Å²) >= 11 is 0. The van der Waals surface area contributed by atoms with Crippen LogP contribution in [0.5, 0.6) is 0 Å². The van der Waals surface area contributed by atoms with E-state index in [4.69, 9.17) is 0 Å². The molecule has 1 aromatic heterocycles. The second kappa shape index (κ2) is 5.94. The van der Waals surface area contributed by atoms with Crippen molar-refractivity contribution in [1.29, 1.82) is 0 Å². The second-order valence-electron chi connectivity index (χ2n) is 5.14. The molecule has 0 saturated heterocycles. The molecule has 3 rings (SSSR count). The predicted molar refractivity (Wildman–Crippen MR) is 86.5 cm³/mol. The molecule has 106 valence electrons. The van der Waals surface area contributed by atoms with Gasteiger partial charge in [-0.25, -0.2) is 4.68 Å². The maximum atomic E-state index is 4.46. The largest absolute Gasteiger partial charge is 0.313 e. The molecule has 0 bridgehead atoms. The number of hydrogen-bond acceptors (Lipinski definition) is 2. The minimum absolute atomic E-state index is 0.342. The van der Waals surface area contributed by atoms with Gasteiger partial charge in [-0.2, -0.15) is 5.10 Å². The van der Waals surface area contributed by atoms with Gasteiger partial charge in [-0.1, -0.05) is 36.4 Å². The highest BCUT2D eigenvalue weighted by atomic mass is 15.3. The molecule has 21 heavy (non-hydrogen) atoms. The molecule has 3 nitrogen and oxygen atoms in total. The van der Waals surface area contributed by atoms with Crippen LogP contribution in [0, 0.1) is 0 Å². The number of hydrogen-bond donors (Lipinski definition) is 1. The molecule has 1 atom stereocenters. The van der Waals surface area contributed by atoms with E-state index in [9.17, 15) is 0 Å². The smallest absolute Gasteiger partial charge is 0.0645 e. The molecule has 3 aromatic rings. The first kappa shape index (κ1) is 13.6. The lowest BCUT2D eigenvalue weighted by atomic mass is 10.0. The lowest BCUT2D eigenvalue weighted by Gasteiger charge is -2.11. The Morgan fingerprint density at radius 1 is 1.00 bits per heavy atom. The first-order chi connectivity index (χ1) is 10.3. The SMILES string of the molecule is CNC(C)c1cccc(-c2cnn(-c3ccccc3)c2)c1. The fourth-order valence-electron chi connectivity index (χ4n) is 2.35. The topological polar surface area (TPSA) is 29.9 Å². The minimum Gasteiger partial charge on any atom is -0.313 e. The van der Waals surface area contributed by atoms with Crippen molar-refractivity contribution >= 4 is 0 Å². The number of benzene rings is 2. The Bertz CT molecular complexity index is 716. The van der Waals surface area contributed by atoms with Crippen molar-refractivity contribution < 1.29 is 0 Å². The van der Waals surface area contributed by atoms with E-state index in [0.717, 1.165) is 11.3 Å². The fourth-order valence-corrected chi connectivity index (χ4v) is 2.35. The zero-order valence-corrected chi connectivity index (χ0v) is 12.3. The van der Waals surface area contributed by atoms with Crippen LogP contribution in [-0.4, -0.2) is 16.8 Å². The van der Waals surface area contributed by atoms with Crippen LogP contribution in [0.4, 0.5) is 0 Å². The average molecular weight is 277 g/mol. The Labute approximate surface area is 125 Å². The third-order valence-corrected chi connectivity index (χ3v) is 3.76. The van der Waals surface area contributed by atoms with Gasteiger partial charge >= 0.3 is 0 Å². The van der Waals surface area contributed by atoms with Crippen LogP contribution in [0.3, 0.4) is 0 Å². The standard InChI is InChI=1S/C18H19N3/c1-14(19-2)15-7-6-8-16(11-15)17-12-20-21(13-17)18-9-4-3-5-10-18/h3-14,19H,1-2H3. The zero-order valence-electron chi connectivity index (χ0n) is 12.3. The molecule has 1 N–H and O–H groups in total. The highest BCUT2D eigenvalue weighted by molar-refractivity contribution is 5.63. The first-order valence-corrected chi connectivity index (χ1v) is 7.15.